The largest absolute Gasteiger partial charge is 0.481 e. The summed E-state index contributed by atoms with van der Waals surface area (Å²) in [5.74, 6) is -0.854. The first-order valence-corrected chi connectivity index (χ1v) is 6.63. The molecule has 2 rings (SSSR count). The first kappa shape index (κ1) is 13.1. The summed E-state index contributed by atoms with van der Waals surface area (Å²) in [5, 5.41) is 8.74. The van der Waals surface area contributed by atoms with Crippen LogP contribution in [0.3, 0.4) is 0 Å². The van der Waals surface area contributed by atoms with E-state index < -0.39 is 5.97 Å². The second-order valence-electron chi connectivity index (χ2n) is 4.48. The van der Waals surface area contributed by atoms with Crippen LogP contribution in [0.25, 0.3) is 0 Å². The number of anilines is 1. The molecule has 1 amide bonds. The van der Waals surface area contributed by atoms with Crippen molar-refractivity contribution in [3.8, 4) is 0 Å². The van der Waals surface area contributed by atoms with Gasteiger partial charge in [-0.25, -0.2) is 0 Å². The van der Waals surface area contributed by atoms with Gasteiger partial charge in [0, 0.05) is 29.5 Å². The first-order valence-electron chi connectivity index (χ1n) is 5.84. The Kier molecular flexibility index (Phi) is 4.01. The van der Waals surface area contributed by atoms with E-state index in [1.807, 2.05) is 24.3 Å². The first-order chi connectivity index (χ1) is 8.56. The molecule has 1 aromatic carbocycles. The Labute approximate surface area is 114 Å². The van der Waals surface area contributed by atoms with Gasteiger partial charge in [-0.15, -0.1) is 0 Å². The number of halogens is 1. The molecular formula is C13H14BrNO3. The third-order valence-electron chi connectivity index (χ3n) is 3.11. The van der Waals surface area contributed by atoms with Crippen LogP contribution in [-0.4, -0.2) is 23.5 Å². The molecule has 0 spiro atoms. The number of piperidine rings is 1. The van der Waals surface area contributed by atoms with Gasteiger partial charge in [0.05, 0.1) is 0 Å². The number of carbonyl (C=O) groups is 2. The van der Waals surface area contributed by atoms with E-state index in [1.165, 1.54) is 0 Å². The van der Waals surface area contributed by atoms with Gasteiger partial charge in [-0.05, 0) is 30.5 Å². The van der Waals surface area contributed by atoms with E-state index in [2.05, 4.69) is 15.9 Å². The Bertz CT molecular complexity index is 475. The molecule has 1 aliphatic rings. The molecule has 1 saturated heterocycles. The van der Waals surface area contributed by atoms with Gasteiger partial charge in [0.15, 0.2) is 0 Å². The summed E-state index contributed by atoms with van der Waals surface area (Å²) in [4.78, 5) is 24.4. The zero-order valence-corrected chi connectivity index (χ0v) is 11.4. The van der Waals surface area contributed by atoms with Crippen molar-refractivity contribution in [2.24, 2.45) is 5.92 Å². The van der Waals surface area contributed by atoms with Crippen molar-refractivity contribution in [1.29, 1.82) is 0 Å². The van der Waals surface area contributed by atoms with Gasteiger partial charge < -0.3 is 10.0 Å². The molecule has 0 bridgehead atoms. The minimum absolute atomic E-state index is 0.00519. The molecule has 1 aliphatic heterocycles. The number of nitrogens with zero attached hydrogens (tertiary/aromatic N) is 1. The highest BCUT2D eigenvalue weighted by Gasteiger charge is 2.28. The molecule has 96 valence electrons. The number of hydrogen-bond donors (Lipinski definition) is 1. The number of amides is 1. The van der Waals surface area contributed by atoms with Crippen LogP contribution in [0, 0.1) is 5.92 Å². The Morgan fingerprint density at radius 2 is 2.28 bits per heavy atom. The van der Waals surface area contributed by atoms with Crippen LogP contribution in [0.2, 0.25) is 0 Å². The van der Waals surface area contributed by atoms with E-state index >= 15 is 0 Å². The molecular weight excluding hydrogens is 298 g/mol. The van der Waals surface area contributed by atoms with Crippen molar-refractivity contribution in [1.82, 2.24) is 0 Å². The summed E-state index contributed by atoms with van der Waals surface area (Å²) in [7, 11) is 0. The monoisotopic (exact) mass is 311 g/mol. The normalized spacial score (nSPS) is 19.9. The van der Waals surface area contributed by atoms with Crippen LogP contribution in [-0.2, 0) is 9.59 Å². The van der Waals surface area contributed by atoms with Crippen molar-refractivity contribution in [3.05, 3.63) is 28.7 Å². The molecule has 0 aromatic heterocycles. The van der Waals surface area contributed by atoms with E-state index in [9.17, 15) is 9.59 Å². The molecule has 1 fully saturated rings. The summed E-state index contributed by atoms with van der Waals surface area (Å²) >= 11 is 3.38. The molecule has 5 heteroatoms. The van der Waals surface area contributed by atoms with Crippen molar-refractivity contribution >= 4 is 33.5 Å². The van der Waals surface area contributed by atoms with Crippen LogP contribution in [0.5, 0.6) is 0 Å². The summed E-state index contributed by atoms with van der Waals surface area (Å²) in [6.07, 6.45) is 1.14. The molecule has 1 atom stereocenters. The highest BCUT2D eigenvalue weighted by Crippen LogP contribution is 2.27. The fourth-order valence-corrected chi connectivity index (χ4v) is 2.62. The molecule has 0 saturated carbocycles. The molecule has 1 N–H and O–H groups in total. The second-order valence-corrected chi connectivity index (χ2v) is 5.40. The van der Waals surface area contributed by atoms with Crippen LogP contribution in [0.15, 0.2) is 28.7 Å². The lowest BCUT2D eigenvalue weighted by atomic mass is 9.93. The maximum Gasteiger partial charge on any atom is 0.303 e. The quantitative estimate of drug-likeness (QED) is 0.933. The summed E-state index contributed by atoms with van der Waals surface area (Å²) in [6.45, 7) is 0.591. The third kappa shape index (κ3) is 3.10. The van der Waals surface area contributed by atoms with Crippen LogP contribution in [0.4, 0.5) is 5.69 Å². The van der Waals surface area contributed by atoms with E-state index in [1.54, 1.807) is 4.90 Å². The fraction of sp³-hybridized carbons (Fsp3) is 0.385. The average molecular weight is 312 g/mol. The van der Waals surface area contributed by atoms with Crippen LogP contribution < -0.4 is 4.90 Å². The van der Waals surface area contributed by atoms with Crippen LogP contribution >= 0.6 is 15.9 Å². The van der Waals surface area contributed by atoms with E-state index in [-0.39, 0.29) is 18.2 Å². The molecule has 4 nitrogen and oxygen atoms in total. The van der Waals surface area contributed by atoms with Gasteiger partial charge in [-0.3, -0.25) is 9.59 Å². The number of aliphatic carboxylic acids is 1. The number of hydrogen-bond acceptors (Lipinski definition) is 2. The third-order valence-corrected chi connectivity index (χ3v) is 3.60. The molecule has 1 unspecified atom stereocenters. The highest BCUT2D eigenvalue weighted by molar-refractivity contribution is 9.10. The van der Waals surface area contributed by atoms with E-state index in [0.29, 0.717) is 13.0 Å². The number of rotatable bonds is 3. The SMILES string of the molecule is O=C(O)CC1CCN(c2cccc(Br)c2)C(=O)C1. The number of carboxylic acid groups (broad SMARTS) is 1. The van der Waals surface area contributed by atoms with Gasteiger partial charge in [-0.2, -0.15) is 0 Å². The average Bonchev–Trinajstić information content (AvgIpc) is 2.28. The van der Waals surface area contributed by atoms with E-state index in [0.717, 1.165) is 16.6 Å². The Morgan fingerprint density at radius 3 is 2.89 bits per heavy atom. The van der Waals surface area contributed by atoms with Crippen molar-refractivity contribution in [2.45, 2.75) is 19.3 Å². The van der Waals surface area contributed by atoms with Gasteiger partial charge in [0.2, 0.25) is 5.91 Å². The molecule has 0 aliphatic carbocycles. The molecule has 1 aromatic rings. The lowest BCUT2D eigenvalue weighted by molar-refractivity contribution is -0.138. The van der Waals surface area contributed by atoms with Crippen molar-refractivity contribution < 1.29 is 14.7 Å². The predicted octanol–water partition coefficient (Wildman–Crippen LogP) is 2.67. The zero-order valence-electron chi connectivity index (χ0n) is 9.80. The Morgan fingerprint density at radius 1 is 1.50 bits per heavy atom. The number of carbonyl (C=O) groups excluding carboxylic acids is 1. The predicted molar refractivity (Wildman–Crippen MR) is 71.5 cm³/mol. The van der Waals surface area contributed by atoms with Crippen molar-refractivity contribution in [2.75, 3.05) is 11.4 Å². The van der Waals surface area contributed by atoms with Crippen molar-refractivity contribution in [3.63, 3.8) is 0 Å². The number of benzene rings is 1. The molecule has 1 heterocycles. The van der Waals surface area contributed by atoms with Gasteiger partial charge in [0.1, 0.15) is 0 Å². The van der Waals surface area contributed by atoms with Gasteiger partial charge in [0.25, 0.3) is 0 Å². The lowest BCUT2D eigenvalue weighted by Crippen LogP contribution is -2.39. The van der Waals surface area contributed by atoms with E-state index in [4.69, 9.17) is 5.11 Å². The Hall–Kier alpha value is -1.36. The maximum absolute atomic E-state index is 12.0. The minimum Gasteiger partial charge on any atom is -0.481 e. The smallest absolute Gasteiger partial charge is 0.303 e. The molecule has 18 heavy (non-hydrogen) atoms. The highest BCUT2D eigenvalue weighted by atomic mass is 79.9. The summed E-state index contributed by atoms with van der Waals surface area (Å²) in [6, 6.07) is 7.58. The topological polar surface area (TPSA) is 57.6 Å². The van der Waals surface area contributed by atoms with Crippen LogP contribution in [0.1, 0.15) is 19.3 Å². The molecule has 0 radical (unpaired) electrons. The summed E-state index contributed by atoms with van der Waals surface area (Å²) in [5.41, 5.74) is 0.864. The zero-order chi connectivity index (χ0) is 13.1. The maximum atomic E-state index is 12.0. The summed E-state index contributed by atoms with van der Waals surface area (Å²) < 4.78 is 0.931. The van der Waals surface area contributed by atoms with Gasteiger partial charge in [-0.1, -0.05) is 22.0 Å². The lowest BCUT2D eigenvalue weighted by Gasteiger charge is -2.31. The number of carboxylic acids is 1. The Balaban J connectivity index is 2.06. The minimum atomic E-state index is -0.830. The van der Waals surface area contributed by atoms with Gasteiger partial charge >= 0.3 is 5.97 Å². The standard InChI is InChI=1S/C13H14BrNO3/c14-10-2-1-3-11(8-10)15-5-4-9(6-12(15)16)7-13(17)18/h1-3,8-9H,4-7H2,(H,17,18). The fourth-order valence-electron chi connectivity index (χ4n) is 2.23. The second kappa shape index (κ2) is 5.52.